The largest absolute Gasteiger partial charge is 0.305 e. The third-order valence-corrected chi connectivity index (χ3v) is 3.86. The van der Waals surface area contributed by atoms with Gasteiger partial charge in [0.15, 0.2) is 11.3 Å². The highest BCUT2D eigenvalue weighted by molar-refractivity contribution is 6.10. The molecule has 0 atom stereocenters. The number of hydrogen-bond acceptors (Lipinski definition) is 4. The van der Waals surface area contributed by atoms with Crippen LogP contribution in [-0.4, -0.2) is 20.4 Å². The molecule has 0 fully saturated rings. The molecular formula is C18H10N4O2. The van der Waals surface area contributed by atoms with Gasteiger partial charge in [0.05, 0.1) is 10.9 Å². The second kappa shape index (κ2) is 5.18. The molecule has 0 spiro atoms. The molecule has 1 N–H and O–H groups in total. The predicted molar refractivity (Wildman–Crippen MR) is 87.9 cm³/mol. The second-order valence-electron chi connectivity index (χ2n) is 5.26. The Morgan fingerprint density at radius 3 is 2.54 bits per heavy atom. The lowest BCUT2D eigenvalue weighted by atomic mass is 10.1. The van der Waals surface area contributed by atoms with Crippen molar-refractivity contribution in [2.75, 3.05) is 0 Å². The summed E-state index contributed by atoms with van der Waals surface area (Å²) in [5.41, 5.74) is 0.958. The van der Waals surface area contributed by atoms with E-state index in [1.54, 1.807) is 54.6 Å². The van der Waals surface area contributed by atoms with Gasteiger partial charge >= 0.3 is 0 Å². The third kappa shape index (κ3) is 1.92. The zero-order valence-corrected chi connectivity index (χ0v) is 12.4. The number of nitrogens with one attached hydrogen (secondary N) is 1. The van der Waals surface area contributed by atoms with Crippen molar-refractivity contribution in [1.82, 2.24) is 14.6 Å². The highest BCUT2D eigenvalue weighted by atomic mass is 16.1. The van der Waals surface area contributed by atoms with E-state index in [0.29, 0.717) is 16.5 Å². The van der Waals surface area contributed by atoms with Gasteiger partial charge < -0.3 is 4.98 Å². The molecule has 0 radical (unpaired) electrons. The van der Waals surface area contributed by atoms with Gasteiger partial charge in [-0.3, -0.25) is 9.59 Å². The molecule has 2 aromatic heterocycles. The van der Waals surface area contributed by atoms with Crippen molar-refractivity contribution in [2.24, 2.45) is 0 Å². The Kier molecular flexibility index (Phi) is 3.00. The molecule has 2 aromatic carbocycles. The van der Waals surface area contributed by atoms with Crippen LogP contribution in [0.5, 0.6) is 0 Å². The topological polar surface area (TPSA) is 91.0 Å². The summed E-state index contributed by atoms with van der Waals surface area (Å²) >= 11 is 0. The average Bonchev–Trinajstić information content (AvgIpc) is 3.00. The molecule has 0 saturated heterocycles. The summed E-state index contributed by atoms with van der Waals surface area (Å²) in [5.74, 6) is -0.360. The number of ketones is 1. The number of rotatable bonds is 2. The van der Waals surface area contributed by atoms with E-state index in [9.17, 15) is 14.9 Å². The zero-order valence-electron chi connectivity index (χ0n) is 12.4. The maximum atomic E-state index is 12.7. The summed E-state index contributed by atoms with van der Waals surface area (Å²) in [6.07, 6.45) is 0. The molecule has 0 unspecified atom stereocenters. The second-order valence-corrected chi connectivity index (χ2v) is 5.26. The van der Waals surface area contributed by atoms with E-state index in [-0.39, 0.29) is 28.2 Å². The van der Waals surface area contributed by atoms with Crippen molar-refractivity contribution in [2.45, 2.75) is 0 Å². The summed E-state index contributed by atoms with van der Waals surface area (Å²) in [7, 11) is 0. The van der Waals surface area contributed by atoms with Crippen molar-refractivity contribution in [3.63, 3.8) is 0 Å². The monoisotopic (exact) mass is 314 g/mol. The normalized spacial score (nSPS) is 10.8. The minimum absolute atomic E-state index is 0.0238. The summed E-state index contributed by atoms with van der Waals surface area (Å²) in [4.78, 5) is 27.6. The van der Waals surface area contributed by atoms with Gasteiger partial charge in [-0.15, -0.1) is 0 Å². The van der Waals surface area contributed by atoms with Crippen LogP contribution in [0.2, 0.25) is 0 Å². The van der Waals surface area contributed by atoms with E-state index in [0.717, 1.165) is 0 Å². The van der Waals surface area contributed by atoms with Crippen molar-refractivity contribution in [1.29, 1.82) is 5.26 Å². The Morgan fingerprint density at radius 2 is 1.79 bits per heavy atom. The van der Waals surface area contributed by atoms with Gasteiger partial charge in [-0.2, -0.15) is 10.4 Å². The molecule has 6 nitrogen and oxygen atoms in total. The maximum absolute atomic E-state index is 12.7. The maximum Gasteiger partial charge on any atom is 0.259 e. The fourth-order valence-corrected chi connectivity index (χ4v) is 2.72. The molecule has 6 heteroatoms. The third-order valence-electron chi connectivity index (χ3n) is 3.86. The minimum Gasteiger partial charge on any atom is -0.305 e. The average molecular weight is 314 g/mol. The number of hydrogen-bond donors (Lipinski definition) is 1. The van der Waals surface area contributed by atoms with Crippen LogP contribution in [0.4, 0.5) is 0 Å². The first kappa shape index (κ1) is 13.9. The molecule has 4 rings (SSSR count). The Hall–Kier alpha value is -3.72. The van der Waals surface area contributed by atoms with Crippen LogP contribution in [-0.2, 0) is 0 Å². The number of fused-ring (bicyclic) bond motifs is 3. The summed E-state index contributed by atoms with van der Waals surface area (Å²) in [6.45, 7) is 0. The number of para-hydroxylation sites is 1. The Morgan fingerprint density at radius 1 is 1.08 bits per heavy atom. The first-order chi connectivity index (χ1) is 11.7. The highest BCUT2D eigenvalue weighted by Crippen LogP contribution is 2.19. The number of nitrogens with zero attached hydrogens (tertiary/aromatic N) is 3. The van der Waals surface area contributed by atoms with Crippen LogP contribution in [0.15, 0.2) is 59.4 Å². The van der Waals surface area contributed by atoms with Crippen LogP contribution < -0.4 is 5.56 Å². The van der Waals surface area contributed by atoms with Crippen LogP contribution in [0, 0.1) is 11.3 Å². The molecule has 2 heterocycles. The standard InChI is InChI=1S/C18H10N4O2/c19-10-13-15(16(23)11-6-2-1-3-7-11)21-22-14-9-5-4-8-12(14)18(24)20-17(13)22/h1-9H,(H,20,24). The van der Waals surface area contributed by atoms with Crippen LogP contribution in [0.1, 0.15) is 21.6 Å². The lowest BCUT2D eigenvalue weighted by molar-refractivity contribution is 0.103. The number of benzene rings is 2. The summed E-state index contributed by atoms with van der Waals surface area (Å²) < 4.78 is 1.44. The van der Waals surface area contributed by atoms with Gasteiger partial charge in [0.25, 0.3) is 5.56 Å². The first-order valence-electron chi connectivity index (χ1n) is 7.24. The molecule has 0 saturated carbocycles. The van der Waals surface area contributed by atoms with Gasteiger partial charge in [0.2, 0.25) is 5.78 Å². The van der Waals surface area contributed by atoms with Gasteiger partial charge in [0, 0.05) is 5.56 Å². The molecule has 114 valence electrons. The SMILES string of the molecule is N#Cc1c(C(=O)c2ccccc2)nn2c1[nH]c(=O)c1ccccc12. The fraction of sp³-hybridized carbons (Fsp3) is 0. The van der Waals surface area contributed by atoms with Crippen LogP contribution in [0.25, 0.3) is 16.6 Å². The first-order valence-corrected chi connectivity index (χ1v) is 7.24. The molecule has 0 aliphatic carbocycles. The lowest BCUT2D eigenvalue weighted by Crippen LogP contribution is -2.10. The van der Waals surface area contributed by atoms with Crippen molar-refractivity contribution in [3.05, 3.63) is 81.8 Å². The van der Waals surface area contributed by atoms with Crippen LogP contribution in [0.3, 0.4) is 0 Å². The minimum atomic E-state index is -0.360. The molecule has 0 bridgehead atoms. The van der Waals surface area contributed by atoms with E-state index >= 15 is 0 Å². The van der Waals surface area contributed by atoms with Crippen molar-refractivity contribution < 1.29 is 4.79 Å². The number of carbonyl (C=O) groups excluding carboxylic acids is 1. The number of nitriles is 1. The zero-order chi connectivity index (χ0) is 16.7. The summed E-state index contributed by atoms with van der Waals surface area (Å²) in [5, 5.41) is 14.2. The van der Waals surface area contributed by atoms with Crippen molar-refractivity contribution in [3.8, 4) is 6.07 Å². The number of aromatic amines is 1. The Bertz CT molecular complexity index is 1200. The quantitative estimate of drug-likeness (QED) is 0.575. The van der Waals surface area contributed by atoms with E-state index in [4.69, 9.17) is 0 Å². The molecule has 0 aliphatic heterocycles. The lowest BCUT2D eigenvalue weighted by Gasteiger charge is -1.99. The highest BCUT2D eigenvalue weighted by Gasteiger charge is 2.22. The Balaban J connectivity index is 2.08. The van der Waals surface area contributed by atoms with Gasteiger partial charge in [-0.05, 0) is 12.1 Å². The molecule has 0 aliphatic rings. The van der Waals surface area contributed by atoms with E-state index < -0.39 is 0 Å². The van der Waals surface area contributed by atoms with Crippen molar-refractivity contribution >= 4 is 22.3 Å². The smallest absolute Gasteiger partial charge is 0.259 e. The molecule has 4 aromatic rings. The summed E-state index contributed by atoms with van der Waals surface area (Å²) in [6, 6.07) is 17.5. The van der Waals surface area contributed by atoms with E-state index in [1.165, 1.54) is 4.52 Å². The van der Waals surface area contributed by atoms with Crippen LogP contribution >= 0.6 is 0 Å². The fourth-order valence-electron chi connectivity index (χ4n) is 2.72. The predicted octanol–water partition coefficient (Wildman–Crippen LogP) is 2.28. The van der Waals surface area contributed by atoms with Gasteiger partial charge in [0.1, 0.15) is 11.6 Å². The molecule has 24 heavy (non-hydrogen) atoms. The number of aromatic nitrogens is 3. The number of H-pyrrole nitrogens is 1. The number of carbonyl (C=O) groups is 1. The van der Waals surface area contributed by atoms with Gasteiger partial charge in [-0.25, -0.2) is 4.52 Å². The molecule has 0 amide bonds. The molecular weight excluding hydrogens is 304 g/mol. The van der Waals surface area contributed by atoms with E-state index in [1.807, 2.05) is 6.07 Å². The van der Waals surface area contributed by atoms with Gasteiger partial charge in [-0.1, -0.05) is 42.5 Å². The Labute approximate surface area is 135 Å². The van der Waals surface area contributed by atoms with E-state index in [2.05, 4.69) is 10.1 Å².